The zero-order valence-electron chi connectivity index (χ0n) is 12.1. The van der Waals surface area contributed by atoms with Gasteiger partial charge in [0.05, 0.1) is 11.2 Å². The minimum absolute atomic E-state index is 0.00485. The van der Waals surface area contributed by atoms with Gasteiger partial charge in [0, 0.05) is 0 Å². The number of hydrogen-bond donors (Lipinski definition) is 1. The molecule has 1 aromatic rings. The highest BCUT2D eigenvalue weighted by molar-refractivity contribution is 5.29. The van der Waals surface area contributed by atoms with Crippen molar-refractivity contribution in [2.45, 2.75) is 51.8 Å². The topological polar surface area (TPSA) is 20.2 Å². The van der Waals surface area contributed by atoms with Crippen LogP contribution in [0.2, 0.25) is 0 Å². The van der Waals surface area contributed by atoms with Crippen molar-refractivity contribution in [2.24, 2.45) is 11.3 Å². The molecule has 1 fully saturated rings. The summed E-state index contributed by atoms with van der Waals surface area (Å²) in [5.74, 6) is 0.353. The minimum Gasteiger partial charge on any atom is -0.385 e. The lowest BCUT2D eigenvalue weighted by Gasteiger charge is -2.45. The van der Waals surface area contributed by atoms with E-state index in [2.05, 4.69) is 20.8 Å². The molecule has 0 bridgehead atoms. The molecule has 1 N–H and O–H groups in total. The van der Waals surface area contributed by atoms with E-state index in [0.29, 0.717) is 24.3 Å². The molecule has 0 saturated heterocycles. The van der Waals surface area contributed by atoms with Crippen LogP contribution in [0.15, 0.2) is 24.3 Å². The molecule has 4 heteroatoms. The van der Waals surface area contributed by atoms with Crippen LogP contribution in [-0.2, 0) is 11.8 Å². The van der Waals surface area contributed by atoms with Crippen molar-refractivity contribution in [3.05, 3.63) is 35.4 Å². The lowest BCUT2D eigenvalue weighted by molar-refractivity contribution is -0.137. The highest BCUT2D eigenvalue weighted by Gasteiger charge is 2.43. The molecule has 112 valence electrons. The van der Waals surface area contributed by atoms with Crippen molar-refractivity contribution in [2.75, 3.05) is 0 Å². The molecule has 1 saturated carbocycles. The fourth-order valence-electron chi connectivity index (χ4n) is 3.72. The second-order valence-corrected chi connectivity index (χ2v) is 6.96. The lowest BCUT2D eigenvalue weighted by Crippen LogP contribution is -2.40. The van der Waals surface area contributed by atoms with E-state index in [0.717, 1.165) is 18.6 Å². The van der Waals surface area contributed by atoms with Crippen LogP contribution < -0.4 is 0 Å². The van der Waals surface area contributed by atoms with Crippen LogP contribution in [0.5, 0.6) is 0 Å². The smallest absolute Gasteiger partial charge is 0.385 e. The Balaban J connectivity index is 2.30. The first kappa shape index (κ1) is 15.4. The van der Waals surface area contributed by atoms with Crippen molar-refractivity contribution < 1.29 is 18.3 Å². The van der Waals surface area contributed by atoms with Crippen molar-refractivity contribution in [1.29, 1.82) is 0 Å². The maximum Gasteiger partial charge on any atom is 0.416 e. The van der Waals surface area contributed by atoms with E-state index in [9.17, 15) is 18.3 Å². The molecule has 2 rings (SSSR count). The van der Waals surface area contributed by atoms with Gasteiger partial charge in [0.15, 0.2) is 0 Å². The predicted molar refractivity (Wildman–Crippen MR) is 72.1 cm³/mol. The summed E-state index contributed by atoms with van der Waals surface area (Å²) in [5.41, 5.74) is -1.11. The molecule has 2 unspecified atom stereocenters. The first-order valence-electron chi connectivity index (χ1n) is 6.92. The summed E-state index contributed by atoms with van der Waals surface area (Å²) in [6.45, 7) is 6.27. The van der Waals surface area contributed by atoms with Crippen molar-refractivity contribution >= 4 is 0 Å². The van der Waals surface area contributed by atoms with Crippen molar-refractivity contribution in [3.63, 3.8) is 0 Å². The monoisotopic (exact) mass is 286 g/mol. The van der Waals surface area contributed by atoms with Gasteiger partial charge in [-0.1, -0.05) is 32.9 Å². The van der Waals surface area contributed by atoms with Gasteiger partial charge in [-0.3, -0.25) is 0 Å². The Hall–Kier alpha value is -1.03. The van der Waals surface area contributed by atoms with Gasteiger partial charge < -0.3 is 5.11 Å². The fraction of sp³-hybridized carbons (Fsp3) is 0.625. The van der Waals surface area contributed by atoms with Crippen LogP contribution in [0.3, 0.4) is 0 Å². The van der Waals surface area contributed by atoms with Gasteiger partial charge in [0.25, 0.3) is 0 Å². The summed E-state index contributed by atoms with van der Waals surface area (Å²) in [6, 6.07) is 4.94. The van der Waals surface area contributed by atoms with Crippen LogP contribution in [0.4, 0.5) is 13.2 Å². The third-order valence-corrected chi connectivity index (χ3v) is 4.11. The van der Waals surface area contributed by atoms with Crippen LogP contribution in [0.25, 0.3) is 0 Å². The van der Waals surface area contributed by atoms with E-state index >= 15 is 0 Å². The van der Waals surface area contributed by atoms with Gasteiger partial charge in [0.1, 0.15) is 0 Å². The SMILES string of the molecule is CC1CC(C)(C)CC(O)(c2ccc(C(F)(F)F)cc2)C1. The van der Waals surface area contributed by atoms with E-state index < -0.39 is 17.3 Å². The van der Waals surface area contributed by atoms with Crippen molar-refractivity contribution in [1.82, 2.24) is 0 Å². The normalized spacial score (nSPS) is 30.2. The van der Waals surface area contributed by atoms with Gasteiger partial charge in [-0.15, -0.1) is 0 Å². The lowest BCUT2D eigenvalue weighted by atomic mass is 9.64. The number of alkyl halides is 3. The Labute approximate surface area is 117 Å². The molecular formula is C16H21F3O. The highest BCUT2D eigenvalue weighted by atomic mass is 19.4. The van der Waals surface area contributed by atoms with Gasteiger partial charge in [-0.2, -0.15) is 13.2 Å². The molecule has 1 aromatic carbocycles. The largest absolute Gasteiger partial charge is 0.416 e. The molecule has 0 amide bonds. The molecule has 2 atom stereocenters. The zero-order chi connectivity index (χ0) is 15.2. The summed E-state index contributed by atoms with van der Waals surface area (Å²) in [4.78, 5) is 0. The van der Waals surface area contributed by atoms with Crippen LogP contribution in [-0.4, -0.2) is 5.11 Å². The number of benzene rings is 1. The zero-order valence-corrected chi connectivity index (χ0v) is 12.1. The molecule has 0 aliphatic heterocycles. The molecule has 0 aromatic heterocycles. The standard InChI is InChI=1S/C16H21F3O/c1-11-8-14(2,3)10-15(20,9-11)12-4-6-13(7-5-12)16(17,18)19/h4-7,11,20H,8-10H2,1-3H3. The summed E-state index contributed by atoms with van der Waals surface area (Å²) < 4.78 is 37.7. The summed E-state index contributed by atoms with van der Waals surface area (Å²) >= 11 is 0. The summed E-state index contributed by atoms with van der Waals surface area (Å²) in [5, 5.41) is 10.9. The van der Waals surface area contributed by atoms with E-state index in [-0.39, 0.29) is 5.41 Å². The molecule has 1 aliphatic carbocycles. The third-order valence-electron chi connectivity index (χ3n) is 4.11. The number of halogens is 3. The van der Waals surface area contributed by atoms with Crippen LogP contribution in [0, 0.1) is 11.3 Å². The summed E-state index contributed by atoms with van der Waals surface area (Å²) in [7, 11) is 0. The van der Waals surface area contributed by atoms with E-state index in [1.165, 1.54) is 12.1 Å². The molecular weight excluding hydrogens is 265 g/mol. The third kappa shape index (κ3) is 3.17. The predicted octanol–water partition coefficient (Wildman–Crippen LogP) is 4.74. The molecule has 0 heterocycles. The Morgan fingerprint density at radius 1 is 1.10 bits per heavy atom. The summed E-state index contributed by atoms with van der Waals surface area (Å²) in [6.07, 6.45) is -2.13. The Morgan fingerprint density at radius 2 is 1.65 bits per heavy atom. The Morgan fingerprint density at radius 3 is 2.10 bits per heavy atom. The van der Waals surface area contributed by atoms with E-state index in [4.69, 9.17) is 0 Å². The average Bonchev–Trinajstić information content (AvgIpc) is 2.24. The van der Waals surface area contributed by atoms with Gasteiger partial charge >= 0.3 is 6.18 Å². The molecule has 1 nitrogen and oxygen atoms in total. The van der Waals surface area contributed by atoms with Crippen molar-refractivity contribution in [3.8, 4) is 0 Å². The fourth-order valence-corrected chi connectivity index (χ4v) is 3.72. The molecule has 20 heavy (non-hydrogen) atoms. The maximum absolute atomic E-state index is 12.6. The number of hydrogen-bond acceptors (Lipinski definition) is 1. The first-order chi connectivity index (χ1) is 9.02. The van der Waals surface area contributed by atoms with Gasteiger partial charge in [-0.05, 0) is 48.3 Å². The van der Waals surface area contributed by atoms with Gasteiger partial charge in [0.2, 0.25) is 0 Å². The quantitative estimate of drug-likeness (QED) is 0.790. The maximum atomic E-state index is 12.6. The molecule has 1 aliphatic rings. The minimum atomic E-state index is -4.33. The van der Waals surface area contributed by atoms with Crippen LogP contribution in [0.1, 0.15) is 51.2 Å². The van der Waals surface area contributed by atoms with Crippen LogP contribution >= 0.6 is 0 Å². The molecule has 0 radical (unpaired) electrons. The average molecular weight is 286 g/mol. The second-order valence-electron chi connectivity index (χ2n) is 6.96. The number of rotatable bonds is 1. The first-order valence-corrected chi connectivity index (χ1v) is 6.92. The van der Waals surface area contributed by atoms with E-state index in [1.807, 2.05) is 0 Å². The number of aliphatic hydroxyl groups is 1. The highest BCUT2D eigenvalue weighted by Crippen LogP contribution is 2.48. The van der Waals surface area contributed by atoms with E-state index in [1.54, 1.807) is 0 Å². The molecule has 0 spiro atoms. The second kappa shape index (κ2) is 4.76. The van der Waals surface area contributed by atoms with Gasteiger partial charge in [-0.25, -0.2) is 0 Å². The Bertz CT molecular complexity index is 475. The Kier molecular flexibility index (Phi) is 3.66.